The molecule has 0 saturated carbocycles. The molecule has 1 heterocycles. The van der Waals surface area contributed by atoms with Gasteiger partial charge in [0.1, 0.15) is 0 Å². The van der Waals surface area contributed by atoms with Crippen molar-refractivity contribution < 1.29 is 4.79 Å². The van der Waals surface area contributed by atoms with Crippen molar-refractivity contribution in [2.75, 3.05) is 32.7 Å². The predicted molar refractivity (Wildman–Crippen MR) is 124 cm³/mol. The van der Waals surface area contributed by atoms with Crippen molar-refractivity contribution in [2.24, 2.45) is 10.9 Å². The van der Waals surface area contributed by atoms with Crippen molar-refractivity contribution in [1.29, 1.82) is 0 Å². The van der Waals surface area contributed by atoms with Gasteiger partial charge >= 0.3 is 0 Å². The molecule has 0 aliphatic carbocycles. The Morgan fingerprint density at radius 3 is 2.63 bits per heavy atom. The fourth-order valence-corrected chi connectivity index (χ4v) is 3.91. The number of carbonyl (C=O) groups is 1. The molecular formula is C24H31ClN4O. The van der Waals surface area contributed by atoms with Gasteiger partial charge in [0.25, 0.3) is 0 Å². The summed E-state index contributed by atoms with van der Waals surface area (Å²) in [4.78, 5) is 19.1. The highest BCUT2D eigenvalue weighted by atomic mass is 35.5. The molecule has 0 aromatic heterocycles. The number of guanidine groups is 1. The second-order valence-electron chi connectivity index (χ2n) is 7.63. The van der Waals surface area contributed by atoms with Gasteiger partial charge in [0.15, 0.2) is 5.96 Å². The summed E-state index contributed by atoms with van der Waals surface area (Å²) in [5.41, 5.74) is 2.39. The quantitative estimate of drug-likeness (QED) is 0.476. The van der Waals surface area contributed by atoms with E-state index in [4.69, 9.17) is 16.6 Å². The summed E-state index contributed by atoms with van der Waals surface area (Å²) in [5, 5.41) is 7.45. The standard InChI is InChI=1S/C24H31ClN4O/c1-2-26-24(27-14-12-21-10-6-7-11-22(21)25)28-17-20-16-23(30)29(18-20)15-13-19-8-4-3-5-9-19/h3-11,20H,2,12-18H2,1H3,(H2,26,27,28). The van der Waals surface area contributed by atoms with Crippen LogP contribution in [-0.2, 0) is 17.6 Å². The molecule has 0 radical (unpaired) electrons. The zero-order valence-electron chi connectivity index (χ0n) is 17.6. The molecule has 1 aliphatic heterocycles. The van der Waals surface area contributed by atoms with Gasteiger partial charge in [-0.3, -0.25) is 9.79 Å². The molecule has 6 heteroatoms. The topological polar surface area (TPSA) is 56.7 Å². The van der Waals surface area contributed by atoms with E-state index in [-0.39, 0.29) is 11.8 Å². The second kappa shape index (κ2) is 11.6. The number of likely N-dealkylation sites (tertiary alicyclic amines) is 1. The molecule has 3 rings (SSSR count). The lowest BCUT2D eigenvalue weighted by molar-refractivity contribution is -0.127. The minimum Gasteiger partial charge on any atom is -0.357 e. The SMILES string of the molecule is CCNC(=NCC1CC(=O)N(CCc2ccccc2)C1)NCCc1ccccc1Cl. The van der Waals surface area contributed by atoms with E-state index in [0.717, 1.165) is 55.6 Å². The summed E-state index contributed by atoms with van der Waals surface area (Å²) in [5.74, 6) is 1.30. The van der Waals surface area contributed by atoms with Crippen molar-refractivity contribution in [1.82, 2.24) is 15.5 Å². The zero-order chi connectivity index (χ0) is 21.2. The zero-order valence-corrected chi connectivity index (χ0v) is 18.4. The molecule has 1 fully saturated rings. The van der Waals surface area contributed by atoms with E-state index in [9.17, 15) is 4.79 Å². The van der Waals surface area contributed by atoms with Crippen LogP contribution < -0.4 is 10.6 Å². The minimum absolute atomic E-state index is 0.239. The average Bonchev–Trinajstić information content (AvgIpc) is 3.12. The summed E-state index contributed by atoms with van der Waals surface area (Å²) in [7, 11) is 0. The third kappa shape index (κ3) is 6.77. The molecule has 1 aliphatic rings. The first-order valence-electron chi connectivity index (χ1n) is 10.7. The first-order chi connectivity index (χ1) is 14.7. The van der Waals surface area contributed by atoms with Gasteiger partial charge in [-0.15, -0.1) is 0 Å². The van der Waals surface area contributed by atoms with Gasteiger partial charge in [0.05, 0.1) is 0 Å². The van der Waals surface area contributed by atoms with Crippen LogP contribution in [0.25, 0.3) is 0 Å². The highest BCUT2D eigenvalue weighted by Gasteiger charge is 2.28. The highest BCUT2D eigenvalue weighted by molar-refractivity contribution is 6.31. The largest absolute Gasteiger partial charge is 0.357 e. The van der Waals surface area contributed by atoms with Gasteiger partial charge in [-0.1, -0.05) is 60.1 Å². The Labute approximate surface area is 184 Å². The molecule has 0 spiro atoms. The summed E-state index contributed by atoms with van der Waals surface area (Å²) >= 11 is 6.23. The monoisotopic (exact) mass is 426 g/mol. The van der Waals surface area contributed by atoms with Crippen LogP contribution in [0.5, 0.6) is 0 Å². The van der Waals surface area contributed by atoms with Crippen LogP contribution in [0.3, 0.4) is 0 Å². The van der Waals surface area contributed by atoms with Crippen LogP contribution >= 0.6 is 11.6 Å². The number of benzene rings is 2. The van der Waals surface area contributed by atoms with Gasteiger partial charge in [-0.2, -0.15) is 0 Å². The minimum atomic E-state index is 0.239. The molecule has 1 amide bonds. The molecule has 30 heavy (non-hydrogen) atoms. The summed E-state index contributed by atoms with van der Waals surface area (Å²) < 4.78 is 0. The van der Waals surface area contributed by atoms with Gasteiger partial charge in [-0.05, 0) is 37.0 Å². The predicted octanol–water partition coefficient (Wildman–Crippen LogP) is 3.53. The number of amides is 1. The van der Waals surface area contributed by atoms with Crippen molar-refractivity contribution in [3.8, 4) is 0 Å². The van der Waals surface area contributed by atoms with E-state index >= 15 is 0 Å². The maximum atomic E-state index is 12.4. The second-order valence-corrected chi connectivity index (χ2v) is 8.04. The summed E-state index contributed by atoms with van der Waals surface area (Å²) in [6, 6.07) is 18.2. The average molecular weight is 427 g/mol. The van der Waals surface area contributed by atoms with E-state index < -0.39 is 0 Å². The van der Waals surface area contributed by atoms with Crippen LogP contribution in [0.15, 0.2) is 59.6 Å². The van der Waals surface area contributed by atoms with Crippen LogP contribution in [0.1, 0.15) is 24.5 Å². The lowest BCUT2D eigenvalue weighted by Gasteiger charge is -2.16. The van der Waals surface area contributed by atoms with Crippen molar-refractivity contribution in [3.63, 3.8) is 0 Å². The number of carbonyl (C=O) groups excluding carboxylic acids is 1. The van der Waals surface area contributed by atoms with Crippen LogP contribution in [0.4, 0.5) is 0 Å². The highest BCUT2D eigenvalue weighted by Crippen LogP contribution is 2.19. The lowest BCUT2D eigenvalue weighted by atomic mass is 10.1. The smallest absolute Gasteiger partial charge is 0.223 e. The summed E-state index contributed by atoms with van der Waals surface area (Å²) in [6.45, 7) is 5.81. The van der Waals surface area contributed by atoms with Crippen molar-refractivity contribution in [3.05, 3.63) is 70.7 Å². The van der Waals surface area contributed by atoms with Crippen molar-refractivity contribution in [2.45, 2.75) is 26.2 Å². The van der Waals surface area contributed by atoms with E-state index in [2.05, 4.69) is 29.7 Å². The normalized spacial score (nSPS) is 16.7. The number of halogens is 1. The van der Waals surface area contributed by atoms with E-state index in [1.165, 1.54) is 5.56 Å². The van der Waals surface area contributed by atoms with Crippen molar-refractivity contribution >= 4 is 23.5 Å². The molecule has 2 aromatic rings. The number of nitrogens with one attached hydrogen (secondary N) is 2. The Hall–Kier alpha value is -2.53. The molecule has 5 nitrogen and oxygen atoms in total. The third-order valence-corrected chi connectivity index (χ3v) is 5.67. The lowest BCUT2D eigenvalue weighted by Crippen LogP contribution is -2.38. The fraction of sp³-hybridized carbons (Fsp3) is 0.417. The molecule has 160 valence electrons. The number of rotatable bonds is 9. The molecule has 2 N–H and O–H groups in total. The number of aliphatic imine (C=N–C) groups is 1. The Balaban J connectivity index is 1.45. The molecule has 1 atom stereocenters. The van der Waals surface area contributed by atoms with Crippen LogP contribution in [0.2, 0.25) is 5.02 Å². The first kappa shape index (κ1) is 22.2. The molecule has 1 unspecified atom stereocenters. The Bertz CT molecular complexity index is 840. The van der Waals surface area contributed by atoms with Crippen LogP contribution in [-0.4, -0.2) is 49.5 Å². The van der Waals surface area contributed by atoms with Gasteiger partial charge in [-0.25, -0.2) is 0 Å². The number of hydrogen-bond acceptors (Lipinski definition) is 2. The Kier molecular flexibility index (Phi) is 8.57. The van der Waals surface area contributed by atoms with Gasteiger partial charge in [0.2, 0.25) is 5.91 Å². The van der Waals surface area contributed by atoms with E-state index in [0.29, 0.717) is 13.0 Å². The van der Waals surface area contributed by atoms with E-state index in [1.54, 1.807) is 0 Å². The maximum absolute atomic E-state index is 12.4. The maximum Gasteiger partial charge on any atom is 0.223 e. The Morgan fingerprint density at radius 1 is 1.10 bits per heavy atom. The van der Waals surface area contributed by atoms with Gasteiger partial charge in [0, 0.05) is 50.1 Å². The molecule has 1 saturated heterocycles. The third-order valence-electron chi connectivity index (χ3n) is 5.30. The van der Waals surface area contributed by atoms with Gasteiger partial charge < -0.3 is 15.5 Å². The molecular weight excluding hydrogens is 396 g/mol. The van der Waals surface area contributed by atoms with Crippen LogP contribution in [0, 0.1) is 5.92 Å². The summed E-state index contributed by atoms with van der Waals surface area (Å²) in [6.07, 6.45) is 2.31. The first-order valence-corrected chi connectivity index (χ1v) is 11.1. The molecule has 2 aromatic carbocycles. The van der Waals surface area contributed by atoms with E-state index in [1.807, 2.05) is 47.4 Å². The molecule has 0 bridgehead atoms. The number of nitrogens with zero attached hydrogens (tertiary/aromatic N) is 2. The number of hydrogen-bond donors (Lipinski definition) is 2. The Morgan fingerprint density at radius 2 is 1.87 bits per heavy atom. The fourth-order valence-electron chi connectivity index (χ4n) is 3.68.